The first-order valence-electron chi connectivity index (χ1n) is 5.92. The molecule has 0 bridgehead atoms. The Bertz CT molecular complexity index is 687. The molecule has 2 heterocycles. The van der Waals surface area contributed by atoms with Gasteiger partial charge < -0.3 is 10.6 Å². The number of fused-ring (bicyclic) bond motifs is 1. The molecule has 0 spiro atoms. The fourth-order valence-electron chi connectivity index (χ4n) is 2.04. The van der Waals surface area contributed by atoms with E-state index in [4.69, 9.17) is 0 Å². The first-order valence-corrected chi connectivity index (χ1v) is 5.92. The average molecular weight is 270 g/mol. The first-order chi connectivity index (χ1) is 9.65. The topological polar surface area (TPSA) is 97.2 Å². The minimum absolute atomic E-state index is 0.173. The molecular weight excluding hydrogens is 260 g/mol. The maximum absolute atomic E-state index is 12.0. The lowest BCUT2D eigenvalue weighted by atomic mass is 10.1. The van der Waals surface area contributed by atoms with Crippen LogP contribution in [0.1, 0.15) is 22.1 Å². The Morgan fingerprint density at radius 3 is 2.65 bits per heavy atom. The number of carbonyl (C=O) groups excluding carboxylic acids is 1. The number of hydrogen-bond acceptors (Lipinski definition) is 5. The number of benzene rings is 1. The third-order valence-corrected chi connectivity index (χ3v) is 3.02. The lowest BCUT2D eigenvalue weighted by Gasteiger charge is -2.26. The minimum Gasteiger partial charge on any atom is -0.346 e. The summed E-state index contributed by atoms with van der Waals surface area (Å²) in [6, 6.07) is 10.6. The SMILES string of the molecule is O=C1NC(c2ccccc2)Nc2ncc([N+](=O)[O-])cc21. The van der Waals surface area contributed by atoms with Crippen molar-refractivity contribution in [2.45, 2.75) is 6.17 Å². The molecule has 1 aliphatic heterocycles. The third kappa shape index (κ3) is 2.05. The normalized spacial score (nSPS) is 16.8. The molecule has 2 N–H and O–H groups in total. The molecule has 1 aromatic heterocycles. The van der Waals surface area contributed by atoms with Crippen LogP contribution in [-0.2, 0) is 0 Å². The second kappa shape index (κ2) is 4.61. The second-order valence-corrected chi connectivity index (χ2v) is 4.31. The highest BCUT2D eigenvalue weighted by molar-refractivity contribution is 6.01. The zero-order valence-corrected chi connectivity index (χ0v) is 10.2. The smallest absolute Gasteiger partial charge is 0.288 e. The Labute approximate surface area is 113 Å². The Hall–Kier alpha value is -2.96. The van der Waals surface area contributed by atoms with Crippen LogP contribution in [-0.4, -0.2) is 15.8 Å². The number of aromatic nitrogens is 1. The fourth-order valence-corrected chi connectivity index (χ4v) is 2.04. The molecule has 1 aliphatic rings. The van der Waals surface area contributed by atoms with E-state index < -0.39 is 11.1 Å². The highest BCUT2D eigenvalue weighted by atomic mass is 16.6. The summed E-state index contributed by atoms with van der Waals surface area (Å²) in [6.07, 6.45) is 0.733. The van der Waals surface area contributed by atoms with Crippen molar-refractivity contribution in [2.75, 3.05) is 5.32 Å². The lowest BCUT2D eigenvalue weighted by molar-refractivity contribution is -0.385. The second-order valence-electron chi connectivity index (χ2n) is 4.31. The number of rotatable bonds is 2. The van der Waals surface area contributed by atoms with Crippen molar-refractivity contribution < 1.29 is 9.72 Å². The van der Waals surface area contributed by atoms with Gasteiger partial charge in [0.2, 0.25) is 0 Å². The third-order valence-electron chi connectivity index (χ3n) is 3.02. The predicted octanol–water partition coefficient (Wildman–Crippen LogP) is 1.84. The maximum atomic E-state index is 12.0. The summed E-state index contributed by atoms with van der Waals surface area (Å²) in [7, 11) is 0. The van der Waals surface area contributed by atoms with Crippen molar-refractivity contribution in [1.82, 2.24) is 10.3 Å². The fraction of sp³-hybridized carbons (Fsp3) is 0.0769. The van der Waals surface area contributed by atoms with Crippen LogP contribution in [0.2, 0.25) is 0 Å². The van der Waals surface area contributed by atoms with Crippen LogP contribution >= 0.6 is 0 Å². The van der Waals surface area contributed by atoms with E-state index >= 15 is 0 Å². The molecule has 0 saturated carbocycles. The Kier molecular flexibility index (Phi) is 2.79. The predicted molar refractivity (Wildman–Crippen MR) is 71.2 cm³/mol. The molecule has 1 aromatic carbocycles. The Morgan fingerprint density at radius 1 is 1.20 bits per heavy atom. The van der Waals surface area contributed by atoms with Gasteiger partial charge in [0.25, 0.3) is 11.6 Å². The van der Waals surface area contributed by atoms with Crippen LogP contribution < -0.4 is 10.6 Å². The molecule has 0 saturated heterocycles. The van der Waals surface area contributed by atoms with Crippen LogP contribution in [0.5, 0.6) is 0 Å². The zero-order valence-electron chi connectivity index (χ0n) is 10.2. The minimum atomic E-state index is -0.580. The number of pyridine rings is 1. The molecule has 20 heavy (non-hydrogen) atoms. The van der Waals surface area contributed by atoms with Crippen LogP contribution in [0, 0.1) is 10.1 Å². The number of amides is 1. The van der Waals surface area contributed by atoms with E-state index in [-0.39, 0.29) is 17.2 Å². The number of carbonyl (C=O) groups is 1. The molecule has 1 unspecified atom stereocenters. The largest absolute Gasteiger partial charge is 0.346 e. The van der Waals surface area contributed by atoms with Gasteiger partial charge in [0, 0.05) is 6.07 Å². The van der Waals surface area contributed by atoms with E-state index in [0.717, 1.165) is 11.8 Å². The van der Waals surface area contributed by atoms with Gasteiger partial charge in [0.15, 0.2) is 0 Å². The van der Waals surface area contributed by atoms with Gasteiger partial charge in [0.1, 0.15) is 18.2 Å². The van der Waals surface area contributed by atoms with Crippen molar-refractivity contribution in [3.8, 4) is 0 Å². The summed E-state index contributed by atoms with van der Waals surface area (Å²) < 4.78 is 0. The van der Waals surface area contributed by atoms with E-state index in [1.807, 2.05) is 30.3 Å². The van der Waals surface area contributed by atoms with Gasteiger partial charge in [-0.2, -0.15) is 0 Å². The number of hydrogen-bond donors (Lipinski definition) is 2. The molecule has 0 fully saturated rings. The molecule has 3 rings (SSSR count). The van der Waals surface area contributed by atoms with Crippen molar-refractivity contribution in [3.63, 3.8) is 0 Å². The van der Waals surface area contributed by atoms with Crippen LogP contribution in [0.25, 0.3) is 0 Å². The number of nitro groups is 1. The highest BCUT2D eigenvalue weighted by Gasteiger charge is 2.27. The summed E-state index contributed by atoms with van der Waals surface area (Å²) in [6.45, 7) is 0. The molecule has 100 valence electrons. The van der Waals surface area contributed by atoms with E-state index in [1.54, 1.807) is 0 Å². The average Bonchev–Trinajstić information content (AvgIpc) is 2.47. The van der Waals surface area contributed by atoms with E-state index in [1.165, 1.54) is 6.07 Å². The summed E-state index contributed by atoms with van der Waals surface area (Å²) in [5.41, 5.74) is 0.844. The monoisotopic (exact) mass is 270 g/mol. The summed E-state index contributed by atoms with van der Waals surface area (Å²) >= 11 is 0. The van der Waals surface area contributed by atoms with Crippen molar-refractivity contribution >= 4 is 17.4 Å². The van der Waals surface area contributed by atoms with Gasteiger partial charge in [0.05, 0.1) is 10.5 Å². The van der Waals surface area contributed by atoms with Gasteiger partial charge in [-0.15, -0.1) is 0 Å². The van der Waals surface area contributed by atoms with E-state index in [2.05, 4.69) is 15.6 Å². The van der Waals surface area contributed by atoms with Crippen LogP contribution in [0.15, 0.2) is 42.6 Å². The van der Waals surface area contributed by atoms with E-state index in [0.29, 0.717) is 5.82 Å². The van der Waals surface area contributed by atoms with Crippen molar-refractivity contribution in [1.29, 1.82) is 0 Å². The van der Waals surface area contributed by atoms with Crippen molar-refractivity contribution in [2.24, 2.45) is 0 Å². The molecular formula is C13H10N4O3. The summed E-state index contributed by atoms with van der Waals surface area (Å²) in [5.74, 6) is -0.0444. The first kappa shape index (κ1) is 12.1. The molecule has 1 atom stereocenters. The quantitative estimate of drug-likeness (QED) is 0.641. The molecule has 7 nitrogen and oxygen atoms in total. The Morgan fingerprint density at radius 2 is 1.95 bits per heavy atom. The van der Waals surface area contributed by atoms with Gasteiger partial charge >= 0.3 is 0 Å². The number of nitrogens with zero attached hydrogens (tertiary/aromatic N) is 2. The van der Waals surface area contributed by atoms with Crippen LogP contribution in [0.3, 0.4) is 0 Å². The molecule has 0 aliphatic carbocycles. The Balaban J connectivity index is 1.96. The van der Waals surface area contributed by atoms with Gasteiger partial charge in [-0.05, 0) is 5.56 Å². The highest BCUT2D eigenvalue weighted by Crippen LogP contribution is 2.27. The summed E-state index contributed by atoms with van der Waals surface area (Å²) in [5, 5.41) is 16.5. The number of nitrogens with one attached hydrogen (secondary N) is 2. The standard InChI is InChI=1S/C13H10N4O3/c18-13-10-6-9(17(19)20)7-14-12(10)15-11(16-13)8-4-2-1-3-5-8/h1-7,11H,(H,14,15)(H,16,18). The zero-order chi connectivity index (χ0) is 14.1. The van der Waals surface area contributed by atoms with Gasteiger partial charge in [-0.25, -0.2) is 4.98 Å². The maximum Gasteiger partial charge on any atom is 0.288 e. The molecule has 7 heteroatoms. The van der Waals surface area contributed by atoms with Crippen LogP contribution in [0.4, 0.5) is 11.5 Å². The molecule has 2 aromatic rings. The van der Waals surface area contributed by atoms with Gasteiger partial charge in [-0.1, -0.05) is 30.3 Å². The summed E-state index contributed by atoms with van der Waals surface area (Å²) in [4.78, 5) is 26.1. The lowest BCUT2D eigenvalue weighted by Crippen LogP contribution is -2.38. The number of anilines is 1. The van der Waals surface area contributed by atoms with E-state index in [9.17, 15) is 14.9 Å². The van der Waals surface area contributed by atoms with Gasteiger partial charge in [-0.3, -0.25) is 14.9 Å². The molecule has 0 radical (unpaired) electrons. The van der Waals surface area contributed by atoms with Crippen molar-refractivity contribution in [3.05, 3.63) is 63.8 Å². The molecule has 1 amide bonds.